The standard InChI is InChI=1S/C19H23FN2O3S2/c1-19(2,3)26-12-11-21-18(23)14-5-4-6-17(13-14)27(24,25)22-16-9-7-15(20)8-10-16/h4-10,13,22H,11-12H2,1-3H3,(H,21,23). The number of carbonyl (C=O) groups excluding carboxylic acids is 1. The molecule has 2 aromatic rings. The van der Waals surface area contributed by atoms with Crippen LogP contribution in [0.4, 0.5) is 10.1 Å². The predicted octanol–water partition coefficient (Wildman–Crippen LogP) is 3.89. The number of anilines is 1. The topological polar surface area (TPSA) is 75.3 Å². The first-order valence-corrected chi connectivity index (χ1v) is 10.8. The molecular formula is C19H23FN2O3S2. The van der Waals surface area contributed by atoms with Crippen molar-refractivity contribution in [2.75, 3.05) is 17.0 Å². The lowest BCUT2D eigenvalue weighted by Crippen LogP contribution is -2.27. The van der Waals surface area contributed by atoms with Crippen molar-refractivity contribution in [3.05, 3.63) is 59.9 Å². The van der Waals surface area contributed by atoms with Crippen LogP contribution in [0.15, 0.2) is 53.4 Å². The molecule has 0 radical (unpaired) electrons. The maximum Gasteiger partial charge on any atom is 0.261 e. The molecule has 1 amide bonds. The van der Waals surface area contributed by atoms with Gasteiger partial charge in [-0.3, -0.25) is 9.52 Å². The Labute approximate surface area is 163 Å². The number of thioether (sulfide) groups is 1. The number of carbonyl (C=O) groups is 1. The Bertz CT molecular complexity index is 892. The first-order valence-electron chi connectivity index (χ1n) is 8.37. The maximum absolute atomic E-state index is 13.0. The lowest BCUT2D eigenvalue weighted by Gasteiger charge is -2.17. The molecule has 2 aromatic carbocycles. The van der Waals surface area contributed by atoms with Crippen molar-refractivity contribution in [3.63, 3.8) is 0 Å². The number of hydrogen-bond acceptors (Lipinski definition) is 4. The summed E-state index contributed by atoms with van der Waals surface area (Å²) in [5, 5.41) is 2.79. The van der Waals surface area contributed by atoms with E-state index >= 15 is 0 Å². The lowest BCUT2D eigenvalue weighted by atomic mass is 10.2. The molecule has 0 saturated carbocycles. The van der Waals surface area contributed by atoms with Gasteiger partial charge in [-0.05, 0) is 42.5 Å². The second-order valence-corrected chi connectivity index (χ2v) is 10.5. The zero-order valence-corrected chi connectivity index (χ0v) is 17.1. The predicted molar refractivity (Wildman–Crippen MR) is 108 cm³/mol. The Balaban J connectivity index is 2.04. The fraction of sp³-hybridized carbons (Fsp3) is 0.316. The summed E-state index contributed by atoms with van der Waals surface area (Å²) in [6, 6.07) is 10.8. The van der Waals surface area contributed by atoms with Crippen molar-refractivity contribution in [2.24, 2.45) is 0 Å². The van der Waals surface area contributed by atoms with E-state index in [0.29, 0.717) is 6.54 Å². The van der Waals surface area contributed by atoms with E-state index in [4.69, 9.17) is 0 Å². The van der Waals surface area contributed by atoms with Gasteiger partial charge in [-0.1, -0.05) is 26.8 Å². The average molecular weight is 411 g/mol. The fourth-order valence-electron chi connectivity index (χ4n) is 2.16. The summed E-state index contributed by atoms with van der Waals surface area (Å²) >= 11 is 1.73. The van der Waals surface area contributed by atoms with Gasteiger partial charge < -0.3 is 5.32 Å². The highest BCUT2D eigenvalue weighted by atomic mass is 32.2. The third-order valence-electron chi connectivity index (χ3n) is 3.43. The van der Waals surface area contributed by atoms with Crippen LogP contribution in [0, 0.1) is 5.82 Å². The molecule has 0 bridgehead atoms. The monoisotopic (exact) mass is 410 g/mol. The first-order chi connectivity index (χ1) is 12.6. The highest BCUT2D eigenvalue weighted by Crippen LogP contribution is 2.22. The second-order valence-electron chi connectivity index (χ2n) is 6.86. The SMILES string of the molecule is CC(C)(C)SCCNC(=O)c1cccc(S(=O)(=O)Nc2ccc(F)cc2)c1. The summed E-state index contributed by atoms with van der Waals surface area (Å²) < 4.78 is 40.4. The molecule has 0 aromatic heterocycles. The lowest BCUT2D eigenvalue weighted by molar-refractivity contribution is 0.0956. The largest absolute Gasteiger partial charge is 0.351 e. The number of sulfonamides is 1. The summed E-state index contributed by atoms with van der Waals surface area (Å²) in [5.41, 5.74) is 0.503. The molecular weight excluding hydrogens is 387 g/mol. The van der Waals surface area contributed by atoms with E-state index in [1.54, 1.807) is 17.8 Å². The summed E-state index contributed by atoms with van der Waals surface area (Å²) in [6.07, 6.45) is 0. The van der Waals surface area contributed by atoms with Gasteiger partial charge in [0.15, 0.2) is 0 Å². The van der Waals surface area contributed by atoms with Gasteiger partial charge in [0, 0.05) is 28.3 Å². The molecule has 0 unspecified atom stereocenters. The van der Waals surface area contributed by atoms with Crippen molar-refractivity contribution in [1.29, 1.82) is 0 Å². The Morgan fingerprint density at radius 2 is 1.78 bits per heavy atom. The number of hydrogen-bond donors (Lipinski definition) is 2. The summed E-state index contributed by atoms with van der Waals surface area (Å²) in [6.45, 7) is 6.79. The maximum atomic E-state index is 13.0. The van der Waals surface area contributed by atoms with Crippen LogP contribution in [-0.2, 0) is 10.0 Å². The minimum Gasteiger partial charge on any atom is -0.351 e. The van der Waals surface area contributed by atoms with E-state index in [1.165, 1.54) is 30.3 Å². The molecule has 0 aliphatic rings. The molecule has 2 rings (SSSR count). The number of benzene rings is 2. The molecule has 2 N–H and O–H groups in total. The van der Waals surface area contributed by atoms with E-state index in [-0.39, 0.29) is 26.8 Å². The molecule has 0 atom stereocenters. The van der Waals surface area contributed by atoms with Crippen molar-refractivity contribution >= 4 is 33.4 Å². The Morgan fingerprint density at radius 3 is 2.41 bits per heavy atom. The van der Waals surface area contributed by atoms with E-state index in [9.17, 15) is 17.6 Å². The van der Waals surface area contributed by atoms with Gasteiger partial charge in [0.05, 0.1) is 4.90 Å². The summed E-state index contributed by atoms with van der Waals surface area (Å²) in [7, 11) is -3.88. The molecule has 0 fully saturated rings. The van der Waals surface area contributed by atoms with Crippen LogP contribution in [0.3, 0.4) is 0 Å². The first kappa shape index (κ1) is 21.2. The van der Waals surface area contributed by atoms with Gasteiger partial charge in [-0.15, -0.1) is 0 Å². The molecule has 8 heteroatoms. The molecule has 27 heavy (non-hydrogen) atoms. The Hall–Kier alpha value is -2.06. The van der Waals surface area contributed by atoms with Gasteiger partial charge in [0.1, 0.15) is 5.82 Å². The van der Waals surface area contributed by atoms with Crippen molar-refractivity contribution in [1.82, 2.24) is 5.32 Å². The molecule has 5 nitrogen and oxygen atoms in total. The van der Waals surface area contributed by atoms with E-state index in [2.05, 4.69) is 30.8 Å². The Morgan fingerprint density at radius 1 is 1.11 bits per heavy atom. The minimum atomic E-state index is -3.88. The van der Waals surface area contributed by atoms with Crippen molar-refractivity contribution in [3.8, 4) is 0 Å². The number of rotatable bonds is 7. The molecule has 146 valence electrons. The van der Waals surface area contributed by atoms with Crippen molar-refractivity contribution < 1.29 is 17.6 Å². The van der Waals surface area contributed by atoms with Crippen molar-refractivity contribution in [2.45, 2.75) is 30.4 Å². The smallest absolute Gasteiger partial charge is 0.261 e. The Kier molecular flexibility index (Phi) is 6.89. The van der Waals surface area contributed by atoms with Crippen LogP contribution in [-0.4, -0.2) is 31.4 Å². The number of nitrogens with one attached hydrogen (secondary N) is 2. The molecule has 0 heterocycles. The van der Waals surface area contributed by atoms with Gasteiger partial charge in [0.2, 0.25) is 0 Å². The third kappa shape index (κ3) is 6.88. The van der Waals surface area contributed by atoms with Gasteiger partial charge in [0.25, 0.3) is 15.9 Å². The second kappa shape index (κ2) is 8.75. The van der Waals surface area contributed by atoms with Crippen LogP contribution in [0.2, 0.25) is 0 Å². The number of halogens is 1. The van der Waals surface area contributed by atoms with Crippen LogP contribution >= 0.6 is 11.8 Å². The van der Waals surface area contributed by atoms with Gasteiger partial charge in [-0.25, -0.2) is 12.8 Å². The van der Waals surface area contributed by atoms with Crippen LogP contribution in [0.5, 0.6) is 0 Å². The average Bonchev–Trinajstić information content (AvgIpc) is 2.60. The minimum absolute atomic E-state index is 0.0384. The van der Waals surface area contributed by atoms with Gasteiger partial charge in [-0.2, -0.15) is 11.8 Å². The van der Waals surface area contributed by atoms with E-state index in [0.717, 1.165) is 17.9 Å². The van der Waals surface area contributed by atoms with E-state index in [1.807, 2.05) is 0 Å². The molecule has 0 saturated heterocycles. The van der Waals surface area contributed by atoms with E-state index < -0.39 is 15.8 Å². The molecule has 0 aliphatic carbocycles. The van der Waals surface area contributed by atoms with Crippen LogP contribution in [0.1, 0.15) is 31.1 Å². The normalized spacial score (nSPS) is 11.9. The van der Waals surface area contributed by atoms with Crippen LogP contribution in [0.25, 0.3) is 0 Å². The highest BCUT2D eigenvalue weighted by Gasteiger charge is 2.17. The zero-order valence-electron chi connectivity index (χ0n) is 15.5. The number of amides is 1. The molecule has 0 spiro atoms. The quantitative estimate of drug-likeness (QED) is 0.679. The van der Waals surface area contributed by atoms with Gasteiger partial charge >= 0.3 is 0 Å². The zero-order chi connectivity index (χ0) is 20.1. The summed E-state index contributed by atoms with van der Waals surface area (Å²) in [5.74, 6) is -0.0242. The fourth-order valence-corrected chi connectivity index (χ4v) is 4.08. The molecule has 0 aliphatic heterocycles. The van der Waals surface area contributed by atoms with Crippen LogP contribution < -0.4 is 10.0 Å². The summed E-state index contributed by atoms with van der Waals surface area (Å²) in [4.78, 5) is 12.2. The highest BCUT2D eigenvalue weighted by molar-refractivity contribution is 8.00. The third-order valence-corrected chi connectivity index (χ3v) is 6.08.